The van der Waals surface area contributed by atoms with Crippen LogP contribution >= 0.6 is 11.8 Å². The lowest BCUT2D eigenvalue weighted by molar-refractivity contribution is 0.102. The van der Waals surface area contributed by atoms with Gasteiger partial charge < -0.3 is 4.74 Å². The van der Waals surface area contributed by atoms with E-state index in [1.165, 1.54) is 11.8 Å². The highest BCUT2D eigenvalue weighted by Crippen LogP contribution is 2.34. The van der Waals surface area contributed by atoms with E-state index in [9.17, 15) is 10.1 Å². The monoisotopic (exact) mass is 450 g/mol. The second kappa shape index (κ2) is 10.2. The van der Waals surface area contributed by atoms with E-state index in [1.54, 1.807) is 31.4 Å². The summed E-state index contributed by atoms with van der Waals surface area (Å²) in [5.74, 6) is 0.848. The van der Waals surface area contributed by atoms with Gasteiger partial charge in [-0.15, -0.1) is 0 Å². The van der Waals surface area contributed by atoms with E-state index in [4.69, 9.17) is 9.72 Å². The zero-order valence-electron chi connectivity index (χ0n) is 18.4. The number of ether oxygens (including phenoxy) is 1. The molecule has 1 aromatic heterocycles. The Balaban J connectivity index is 1.72. The second-order valence-corrected chi connectivity index (χ2v) is 8.48. The highest BCUT2D eigenvalue weighted by atomic mass is 32.2. The van der Waals surface area contributed by atoms with Gasteiger partial charge in [0, 0.05) is 16.7 Å². The van der Waals surface area contributed by atoms with Crippen molar-refractivity contribution in [3.63, 3.8) is 0 Å². The first-order valence-corrected chi connectivity index (χ1v) is 11.5. The maximum absolute atomic E-state index is 12.8. The van der Waals surface area contributed by atoms with Crippen LogP contribution in [0.1, 0.15) is 21.5 Å². The van der Waals surface area contributed by atoms with Crippen LogP contribution in [-0.2, 0) is 0 Å². The Morgan fingerprint density at radius 3 is 2.30 bits per heavy atom. The van der Waals surface area contributed by atoms with Crippen molar-refractivity contribution in [2.45, 2.75) is 11.9 Å². The number of nitrogens with zero attached hydrogens (tertiary/aromatic N) is 2. The largest absolute Gasteiger partial charge is 0.497 e. The molecule has 162 valence electrons. The number of carbonyl (C=O) groups excluding carboxylic acids is 1. The summed E-state index contributed by atoms with van der Waals surface area (Å²) in [6.45, 7) is 2.04. The lowest BCUT2D eigenvalue weighted by Crippen LogP contribution is -2.04. The number of methoxy groups -OCH3 is 1. The van der Waals surface area contributed by atoms with E-state index in [2.05, 4.69) is 6.07 Å². The molecule has 0 bridgehead atoms. The molecule has 33 heavy (non-hydrogen) atoms. The van der Waals surface area contributed by atoms with Gasteiger partial charge in [-0.1, -0.05) is 71.9 Å². The van der Waals surface area contributed by atoms with Gasteiger partial charge >= 0.3 is 0 Å². The molecule has 0 amide bonds. The molecule has 5 heteroatoms. The van der Waals surface area contributed by atoms with Crippen molar-refractivity contribution in [1.82, 2.24) is 4.98 Å². The summed E-state index contributed by atoms with van der Waals surface area (Å²) >= 11 is 1.29. The van der Waals surface area contributed by atoms with E-state index in [-0.39, 0.29) is 11.5 Å². The molecule has 0 saturated carbocycles. The van der Waals surface area contributed by atoms with Gasteiger partial charge in [0.2, 0.25) is 0 Å². The number of aryl methyl sites for hydroxylation is 1. The standard InChI is InChI=1S/C28H22N2O2S/c1-19-8-10-21(11-9-19)26-16-24(20-6-4-3-5-7-20)25(17-29)28(30-26)33-18-27(31)22-12-14-23(32-2)15-13-22/h3-16H,18H2,1-2H3. The Kier molecular flexibility index (Phi) is 6.87. The van der Waals surface area contributed by atoms with Crippen LogP contribution in [-0.4, -0.2) is 23.6 Å². The zero-order chi connectivity index (χ0) is 23.2. The second-order valence-electron chi connectivity index (χ2n) is 7.52. The summed E-state index contributed by atoms with van der Waals surface area (Å²) in [7, 11) is 1.59. The summed E-state index contributed by atoms with van der Waals surface area (Å²) in [6.07, 6.45) is 0. The lowest BCUT2D eigenvalue weighted by atomic mass is 9.99. The number of benzene rings is 3. The third-order valence-electron chi connectivity index (χ3n) is 5.28. The van der Waals surface area contributed by atoms with Crippen LogP contribution in [0.2, 0.25) is 0 Å². The number of Topliss-reactive ketones (excluding diaryl/α,β-unsaturated/α-hetero) is 1. The molecule has 0 N–H and O–H groups in total. The Morgan fingerprint density at radius 2 is 1.67 bits per heavy atom. The van der Waals surface area contributed by atoms with E-state index in [0.29, 0.717) is 21.9 Å². The van der Waals surface area contributed by atoms with Gasteiger partial charge in [0.05, 0.1) is 24.1 Å². The van der Waals surface area contributed by atoms with Gasteiger partial charge in [0.25, 0.3) is 0 Å². The number of aromatic nitrogens is 1. The van der Waals surface area contributed by atoms with Gasteiger partial charge in [-0.25, -0.2) is 4.98 Å². The van der Waals surface area contributed by atoms with Crippen LogP contribution < -0.4 is 4.74 Å². The predicted octanol–water partition coefficient (Wildman–Crippen LogP) is 6.58. The fraction of sp³-hybridized carbons (Fsp3) is 0.107. The van der Waals surface area contributed by atoms with E-state index >= 15 is 0 Å². The number of pyridine rings is 1. The average Bonchev–Trinajstić information content (AvgIpc) is 2.87. The zero-order valence-corrected chi connectivity index (χ0v) is 19.2. The smallest absolute Gasteiger partial charge is 0.173 e. The Morgan fingerprint density at radius 1 is 0.970 bits per heavy atom. The molecular formula is C28H22N2O2S. The number of thioether (sulfide) groups is 1. The maximum Gasteiger partial charge on any atom is 0.173 e. The molecule has 0 aliphatic rings. The first-order valence-electron chi connectivity index (χ1n) is 10.5. The van der Waals surface area contributed by atoms with Crippen molar-refractivity contribution in [3.8, 4) is 34.2 Å². The SMILES string of the molecule is COc1ccc(C(=O)CSc2nc(-c3ccc(C)cc3)cc(-c3ccccc3)c2C#N)cc1. The molecule has 4 rings (SSSR count). The Labute approximate surface area is 197 Å². The van der Waals surface area contributed by atoms with Crippen LogP contribution in [0.3, 0.4) is 0 Å². The van der Waals surface area contributed by atoms with E-state index in [0.717, 1.165) is 27.9 Å². The van der Waals surface area contributed by atoms with Crippen LogP contribution in [0.15, 0.2) is 90.0 Å². The van der Waals surface area contributed by atoms with Gasteiger partial charge in [-0.05, 0) is 42.8 Å². The van der Waals surface area contributed by atoms with Crippen molar-refractivity contribution in [1.29, 1.82) is 5.26 Å². The molecule has 3 aromatic carbocycles. The van der Waals surface area contributed by atoms with Crippen molar-refractivity contribution < 1.29 is 9.53 Å². The third kappa shape index (κ3) is 5.14. The molecule has 4 aromatic rings. The first kappa shape index (κ1) is 22.3. The molecule has 0 unspecified atom stereocenters. The van der Waals surface area contributed by atoms with Crippen molar-refractivity contribution >= 4 is 17.5 Å². The van der Waals surface area contributed by atoms with Gasteiger partial charge in [-0.2, -0.15) is 5.26 Å². The number of nitriles is 1. The van der Waals surface area contributed by atoms with Gasteiger partial charge in [0.15, 0.2) is 5.78 Å². The van der Waals surface area contributed by atoms with Gasteiger partial charge in [-0.3, -0.25) is 4.79 Å². The minimum Gasteiger partial charge on any atom is -0.497 e. The minimum atomic E-state index is -0.0321. The van der Waals surface area contributed by atoms with Crippen LogP contribution in [0, 0.1) is 18.3 Å². The number of carbonyl (C=O) groups is 1. The summed E-state index contributed by atoms with van der Waals surface area (Å²) in [4.78, 5) is 17.6. The Bertz CT molecular complexity index is 1310. The minimum absolute atomic E-state index is 0.0321. The fourth-order valence-corrected chi connectivity index (χ4v) is 4.34. The summed E-state index contributed by atoms with van der Waals surface area (Å²) < 4.78 is 5.16. The van der Waals surface area contributed by atoms with Crippen LogP contribution in [0.5, 0.6) is 5.75 Å². The van der Waals surface area contributed by atoms with Gasteiger partial charge in [0.1, 0.15) is 16.8 Å². The van der Waals surface area contributed by atoms with Crippen molar-refractivity contribution in [2.24, 2.45) is 0 Å². The molecule has 0 saturated heterocycles. The molecule has 0 atom stereocenters. The first-order chi connectivity index (χ1) is 16.1. The number of hydrogen-bond acceptors (Lipinski definition) is 5. The number of hydrogen-bond donors (Lipinski definition) is 0. The van der Waals surface area contributed by atoms with Crippen LogP contribution in [0.25, 0.3) is 22.4 Å². The number of rotatable bonds is 7. The molecule has 0 fully saturated rings. The quantitative estimate of drug-likeness (QED) is 0.235. The molecule has 4 nitrogen and oxygen atoms in total. The van der Waals surface area contributed by atoms with E-state index in [1.807, 2.05) is 67.6 Å². The van der Waals surface area contributed by atoms with Crippen molar-refractivity contribution in [2.75, 3.05) is 12.9 Å². The highest BCUT2D eigenvalue weighted by molar-refractivity contribution is 8.00. The summed E-state index contributed by atoms with van der Waals surface area (Å²) in [5.41, 5.74) is 5.72. The van der Waals surface area contributed by atoms with Crippen molar-refractivity contribution in [3.05, 3.63) is 102 Å². The van der Waals surface area contributed by atoms with E-state index < -0.39 is 0 Å². The molecular weight excluding hydrogens is 428 g/mol. The topological polar surface area (TPSA) is 63.0 Å². The lowest BCUT2D eigenvalue weighted by Gasteiger charge is -2.13. The molecule has 0 aliphatic heterocycles. The summed E-state index contributed by atoms with van der Waals surface area (Å²) in [6, 6.07) is 29.2. The number of ketones is 1. The normalized spacial score (nSPS) is 10.5. The Hall–Kier alpha value is -3.88. The highest BCUT2D eigenvalue weighted by Gasteiger charge is 2.17. The molecule has 0 spiro atoms. The van der Waals surface area contributed by atoms with Crippen LogP contribution in [0.4, 0.5) is 0 Å². The third-order valence-corrected chi connectivity index (χ3v) is 6.26. The predicted molar refractivity (Wildman–Crippen MR) is 133 cm³/mol. The molecule has 0 radical (unpaired) electrons. The maximum atomic E-state index is 12.8. The average molecular weight is 451 g/mol. The molecule has 0 aliphatic carbocycles. The summed E-state index contributed by atoms with van der Waals surface area (Å²) in [5, 5.41) is 10.5. The fourth-order valence-electron chi connectivity index (χ4n) is 3.45. The molecule has 1 heterocycles.